The molecule has 0 aromatic carbocycles. The van der Waals surface area contributed by atoms with Crippen LogP contribution < -0.4 is 15.8 Å². The number of rotatable bonds is 6. The van der Waals surface area contributed by atoms with Gasteiger partial charge in [-0.2, -0.15) is 0 Å². The number of aromatic nitrogens is 2. The fourth-order valence-corrected chi connectivity index (χ4v) is 1.76. The van der Waals surface area contributed by atoms with E-state index in [2.05, 4.69) is 27.2 Å². The molecule has 3 N–H and O–H groups in total. The molecule has 0 spiro atoms. The molecule has 0 amide bonds. The molecule has 1 aromatic heterocycles. The largest absolute Gasteiger partial charge is 0.490 e. The van der Waals surface area contributed by atoms with Crippen molar-refractivity contribution >= 4 is 11.6 Å². The Bertz CT molecular complexity index is 380. The van der Waals surface area contributed by atoms with E-state index >= 15 is 0 Å². The van der Waals surface area contributed by atoms with Gasteiger partial charge in [-0.3, -0.25) is 0 Å². The predicted molar refractivity (Wildman–Crippen MR) is 67.1 cm³/mol. The summed E-state index contributed by atoms with van der Waals surface area (Å²) < 4.78 is 5.17. The minimum atomic E-state index is 0.362. The lowest BCUT2D eigenvalue weighted by Crippen LogP contribution is -2.27. The quantitative estimate of drug-likeness (QED) is 0.753. The van der Waals surface area contributed by atoms with Crippen molar-refractivity contribution in [1.82, 2.24) is 14.9 Å². The summed E-state index contributed by atoms with van der Waals surface area (Å²) in [6, 6.07) is 0.772. The maximum Gasteiger partial charge on any atom is 0.203 e. The Morgan fingerprint density at radius 2 is 2.29 bits per heavy atom. The van der Waals surface area contributed by atoms with Gasteiger partial charge in [0, 0.05) is 19.1 Å². The summed E-state index contributed by atoms with van der Waals surface area (Å²) in [5.74, 6) is 1.53. The molecule has 1 aliphatic carbocycles. The van der Waals surface area contributed by atoms with Crippen molar-refractivity contribution in [1.29, 1.82) is 0 Å². The highest BCUT2D eigenvalue weighted by atomic mass is 16.5. The first kappa shape index (κ1) is 11.9. The normalized spacial score (nSPS) is 15.0. The van der Waals surface area contributed by atoms with Gasteiger partial charge >= 0.3 is 0 Å². The Balaban J connectivity index is 1.87. The zero-order valence-electron chi connectivity index (χ0n) is 10.3. The van der Waals surface area contributed by atoms with Gasteiger partial charge in [-0.25, -0.2) is 9.97 Å². The minimum Gasteiger partial charge on any atom is -0.490 e. The van der Waals surface area contributed by atoms with Crippen LogP contribution in [0.4, 0.5) is 11.6 Å². The van der Waals surface area contributed by atoms with Crippen molar-refractivity contribution in [2.24, 2.45) is 0 Å². The fourth-order valence-electron chi connectivity index (χ4n) is 1.76. The third-order valence-electron chi connectivity index (χ3n) is 2.96. The first-order valence-electron chi connectivity index (χ1n) is 5.81. The first-order chi connectivity index (χ1) is 8.22. The summed E-state index contributed by atoms with van der Waals surface area (Å²) in [7, 11) is 3.71. The molecule has 94 valence electrons. The highest BCUT2D eigenvalue weighted by Gasteiger charge is 2.25. The molecule has 17 heavy (non-hydrogen) atoms. The van der Waals surface area contributed by atoms with E-state index in [1.165, 1.54) is 19.2 Å². The summed E-state index contributed by atoms with van der Waals surface area (Å²) >= 11 is 0. The van der Waals surface area contributed by atoms with E-state index in [4.69, 9.17) is 10.5 Å². The van der Waals surface area contributed by atoms with Gasteiger partial charge in [0.1, 0.15) is 6.33 Å². The van der Waals surface area contributed by atoms with Crippen LogP contribution in [-0.2, 0) is 0 Å². The molecule has 6 heteroatoms. The molecule has 0 atom stereocenters. The highest BCUT2D eigenvalue weighted by Crippen LogP contribution is 2.27. The average Bonchev–Trinajstić information content (AvgIpc) is 3.13. The third kappa shape index (κ3) is 2.97. The van der Waals surface area contributed by atoms with Crippen LogP contribution in [0.25, 0.3) is 0 Å². The number of hydrogen-bond donors (Lipinski definition) is 2. The van der Waals surface area contributed by atoms with E-state index in [1.54, 1.807) is 7.11 Å². The SMILES string of the molecule is COc1c(N)ncnc1NCCN(C)C1CC1. The second-order valence-corrected chi connectivity index (χ2v) is 4.28. The molecule has 1 heterocycles. The Hall–Kier alpha value is -1.56. The summed E-state index contributed by atoms with van der Waals surface area (Å²) in [5, 5.41) is 3.22. The number of nitrogens with one attached hydrogen (secondary N) is 1. The zero-order valence-corrected chi connectivity index (χ0v) is 10.3. The standard InChI is InChI=1S/C11H19N5O/c1-16(8-3-4-8)6-5-13-11-9(17-2)10(12)14-7-15-11/h7-8H,3-6H2,1-2H3,(H3,12,13,14,15). The van der Waals surface area contributed by atoms with Gasteiger partial charge in [0.05, 0.1) is 7.11 Å². The maximum atomic E-state index is 5.70. The number of nitrogens with two attached hydrogens (primary N) is 1. The van der Waals surface area contributed by atoms with Crippen LogP contribution >= 0.6 is 0 Å². The van der Waals surface area contributed by atoms with Crippen molar-refractivity contribution in [2.75, 3.05) is 38.3 Å². The number of nitrogens with zero attached hydrogens (tertiary/aromatic N) is 3. The second-order valence-electron chi connectivity index (χ2n) is 4.28. The van der Waals surface area contributed by atoms with Crippen molar-refractivity contribution in [3.8, 4) is 5.75 Å². The van der Waals surface area contributed by atoms with Crippen molar-refractivity contribution in [3.05, 3.63) is 6.33 Å². The van der Waals surface area contributed by atoms with Crippen molar-refractivity contribution in [3.63, 3.8) is 0 Å². The molecule has 1 aromatic rings. The number of nitrogen functional groups attached to an aromatic ring is 1. The molecular weight excluding hydrogens is 218 g/mol. The molecule has 0 bridgehead atoms. The number of likely N-dealkylation sites (N-methyl/N-ethyl adjacent to an activating group) is 1. The van der Waals surface area contributed by atoms with Gasteiger partial charge in [0.15, 0.2) is 11.6 Å². The van der Waals surface area contributed by atoms with Gasteiger partial charge in [0.2, 0.25) is 5.75 Å². The minimum absolute atomic E-state index is 0.362. The Morgan fingerprint density at radius 1 is 1.53 bits per heavy atom. The second kappa shape index (κ2) is 5.18. The van der Waals surface area contributed by atoms with Gasteiger partial charge in [-0.15, -0.1) is 0 Å². The maximum absolute atomic E-state index is 5.70. The lowest BCUT2D eigenvalue weighted by atomic mass is 10.4. The Labute approximate surface area is 101 Å². The Morgan fingerprint density at radius 3 is 2.94 bits per heavy atom. The molecule has 2 rings (SSSR count). The number of ether oxygens (including phenoxy) is 1. The monoisotopic (exact) mass is 237 g/mol. The van der Waals surface area contributed by atoms with E-state index in [9.17, 15) is 0 Å². The van der Waals surface area contributed by atoms with E-state index in [0.29, 0.717) is 17.4 Å². The molecular formula is C11H19N5O. The number of anilines is 2. The first-order valence-corrected chi connectivity index (χ1v) is 5.81. The molecule has 6 nitrogen and oxygen atoms in total. The topological polar surface area (TPSA) is 76.3 Å². The van der Waals surface area contributed by atoms with Crippen LogP contribution in [0.15, 0.2) is 6.33 Å². The molecule has 0 aliphatic heterocycles. The van der Waals surface area contributed by atoms with Crippen LogP contribution in [0.3, 0.4) is 0 Å². The van der Waals surface area contributed by atoms with Crippen molar-refractivity contribution < 1.29 is 4.74 Å². The smallest absolute Gasteiger partial charge is 0.203 e. The molecule has 0 saturated heterocycles. The predicted octanol–water partition coefficient (Wildman–Crippen LogP) is 0.574. The highest BCUT2D eigenvalue weighted by molar-refractivity contribution is 5.61. The van der Waals surface area contributed by atoms with Crippen LogP contribution in [-0.4, -0.2) is 48.2 Å². The van der Waals surface area contributed by atoms with Gasteiger partial charge in [-0.05, 0) is 19.9 Å². The molecule has 1 saturated carbocycles. The molecule has 0 radical (unpaired) electrons. The van der Waals surface area contributed by atoms with Gasteiger partial charge in [0.25, 0.3) is 0 Å². The van der Waals surface area contributed by atoms with E-state index in [0.717, 1.165) is 19.1 Å². The third-order valence-corrected chi connectivity index (χ3v) is 2.96. The average molecular weight is 237 g/mol. The van der Waals surface area contributed by atoms with Crippen LogP contribution in [0.2, 0.25) is 0 Å². The molecule has 0 unspecified atom stereocenters. The van der Waals surface area contributed by atoms with E-state index in [1.807, 2.05) is 0 Å². The summed E-state index contributed by atoms with van der Waals surface area (Å²) in [6.07, 6.45) is 4.07. The Kier molecular flexibility index (Phi) is 3.63. The lowest BCUT2D eigenvalue weighted by molar-refractivity contribution is 0.336. The van der Waals surface area contributed by atoms with E-state index in [-0.39, 0.29) is 0 Å². The fraction of sp³-hybridized carbons (Fsp3) is 0.636. The summed E-state index contributed by atoms with van der Waals surface area (Å²) in [6.45, 7) is 1.80. The molecule has 1 aliphatic rings. The molecule has 1 fully saturated rings. The summed E-state index contributed by atoms with van der Waals surface area (Å²) in [5.41, 5.74) is 5.70. The van der Waals surface area contributed by atoms with Crippen LogP contribution in [0.1, 0.15) is 12.8 Å². The number of hydrogen-bond acceptors (Lipinski definition) is 6. The summed E-state index contributed by atoms with van der Waals surface area (Å²) in [4.78, 5) is 10.4. The lowest BCUT2D eigenvalue weighted by Gasteiger charge is -2.16. The van der Waals surface area contributed by atoms with Gasteiger partial charge < -0.3 is 20.7 Å². The number of methoxy groups -OCH3 is 1. The van der Waals surface area contributed by atoms with E-state index < -0.39 is 0 Å². The van der Waals surface area contributed by atoms with Crippen molar-refractivity contribution in [2.45, 2.75) is 18.9 Å². The van der Waals surface area contributed by atoms with Crippen LogP contribution in [0, 0.1) is 0 Å². The van der Waals surface area contributed by atoms with Crippen LogP contribution in [0.5, 0.6) is 5.75 Å². The zero-order chi connectivity index (χ0) is 12.3. The van der Waals surface area contributed by atoms with Gasteiger partial charge in [-0.1, -0.05) is 0 Å².